The highest BCUT2D eigenvalue weighted by molar-refractivity contribution is 9.10. The van der Waals surface area contributed by atoms with Crippen molar-refractivity contribution in [2.24, 2.45) is 0 Å². The molecule has 132 valence electrons. The zero-order valence-electron chi connectivity index (χ0n) is 13.9. The number of hydrogen-bond donors (Lipinski definition) is 1. The van der Waals surface area contributed by atoms with Crippen LogP contribution in [0.25, 0.3) is 0 Å². The maximum absolute atomic E-state index is 6.00. The van der Waals surface area contributed by atoms with Crippen LogP contribution in [0, 0.1) is 0 Å². The van der Waals surface area contributed by atoms with Gasteiger partial charge in [-0.15, -0.1) is 0 Å². The first-order chi connectivity index (χ1) is 12.6. The van der Waals surface area contributed by atoms with E-state index in [0.29, 0.717) is 18.2 Å². The minimum Gasteiger partial charge on any atom is -0.340 e. The van der Waals surface area contributed by atoms with Gasteiger partial charge in [-0.25, -0.2) is 0 Å². The Morgan fingerprint density at radius 3 is 2.35 bits per heavy atom. The molecule has 3 rings (SSSR count). The van der Waals surface area contributed by atoms with E-state index >= 15 is 0 Å². The van der Waals surface area contributed by atoms with Crippen LogP contribution in [0.1, 0.15) is 11.1 Å². The van der Waals surface area contributed by atoms with Gasteiger partial charge in [0.05, 0.1) is 0 Å². The van der Waals surface area contributed by atoms with Gasteiger partial charge in [0.25, 0.3) is 0 Å². The summed E-state index contributed by atoms with van der Waals surface area (Å²) >= 11 is 15.1. The minimum absolute atomic E-state index is 0.658. The number of hydrogen-bond acceptors (Lipinski definition) is 2. The lowest BCUT2D eigenvalue weighted by Gasteiger charge is -2.26. The second-order valence-electron chi connectivity index (χ2n) is 5.78. The molecule has 0 saturated carbocycles. The molecular weight excluding hydrogens is 430 g/mol. The van der Waals surface area contributed by atoms with Gasteiger partial charge < -0.3 is 10.2 Å². The fraction of sp³-hybridized carbons (Fsp3) is 0.100. The second-order valence-corrected chi connectivity index (χ2v) is 7.52. The van der Waals surface area contributed by atoms with Crippen molar-refractivity contribution in [1.82, 2.24) is 9.88 Å². The van der Waals surface area contributed by atoms with Crippen molar-refractivity contribution < 1.29 is 0 Å². The third kappa shape index (κ3) is 5.53. The number of benzene rings is 2. The fourth-order valence-electron chi connectivity index (χ4n) is 2.46. The third-order valence-corrected chi connectivity index (χ3v) is 4.91. The summed E-state index contributed by atoms with van der Waals surface area (Å²) in [7, 11) is 0. The molecule has 0 saturated heterocycles. The third-order valence-electron chi connectivity index (χ3n) is 3.77. The molecule has 26 heavy (non-hydrogen) atoms. The molecule has 3 aromatic rings. The van der Waals surface area contributed by atoms with Gasteiger partial charge >= 0.3 is 0 Å². The van der Waals surface area contributed by atoms with Crippen molar-refractivity contribution in [3.8, 4) is 0 Å². The maximum Gasteiger partial charge on any atom is 0.174 e. The van der Waals surface area contributed by atoms with Gasteiger partial charge in [0.15, 0.2) is 5.11 Å². The summed E-state index contributed by atoms with van der Waals surface area (Å²) < 4.78 is 1.03. The van der Waals surface area contributed by atoms with Gasteiger partial charge in [-0.05, 0) is 65.8 Å². The highest BCUT2D eigenvalue weighted by Crippen LogP contribution is 2.17. The first-order valence-corrected chi connectivity index (χ1v) is 9.63. The molecule has 0 radical (unpaired) electrons. The molecule has 3 nitrogen and oxygen atoms in total. The van der Waals surface area contributed by atoms with E-state index < -0.39 is 0 Å². The minimum atomic E-state index is 0.658. The first kappa shape index (κ1) is 18.8. The number of rotatable bonds is 5. The van der Waals surface area contributed by atoms with Crippen LogP contribution in [-0.4, -0.2) is 15.0 Å². The van der Waals surface area contributed by atoms with Crippen LogP contribution in [0.4, 0.5) is 5.69 Å². The van der Waals surface area contributed by atoms with Crippen molar-refractivity contribution in [2.75, 3.05) is 5.32 Å². The molecule has 0 aliphatic rings. The summed E-state index contributed by atoms with van der Waals surface area (Å²) in [6, 6.07) is 19.7. The molecule has 0 amide bonds. The van der Waals surface area contributed by atoms with E-state index in [1.165, 1.54) is 0 Å². The van der Waals surface area contributed by atoms with Crippen molar-refractivity contribution in [1.29, 1.82) is 0 Å². The second kappa shape index (κ2) is 9.12. The van der Waals surface area contributed by atoms with Crippen LogP contribution in [-0.2, 0) is 13.1 Å². The highest BCUT2D eigenvalue weighted by atomic mass is 79.9. The van der Waals surface area contributed by atoms with Gasteiger partial charge in [-0.2, -0.15) is 0 Å². The molecule has 0 fully saturated rings. The summed E-state index contributed by atoms with van der Waals surface area (Å²) in [5, 5.41) is 4.69. The van der Waals surface area contributed by atoms with E-state index in [-0.39, 0.29) is 0 Å². The molecule has 1 aromatic heterocycles. The molecule has 0 aliphatic heterocycles. The summed E-state index contributed by atoms with van der Waals surface area (Å²) in [6.07, 6.45) is 3.63. The molecule has 0 spiro atoms. The molecule has 6 heteroatoms. The lowest BCUT2D eigenvalue weighted by molar-refractivity contribution is 0.412. The molecule has 1 heterocycles. The Kier molecular flexibility index (Phi) is 6.61. The first-order valence-electron chi connectivity index (χ1n) is 8.05. The Hall–Kier alpha value is -1.95. The zero-order valence-corrected chi connectivity index (χ0v) is 17.1. The van der Waals surface area contributed by atoms with Crippen LogP contribution in [0.5, 0.6) is 0 Å². The Bertz CT molecular complexity index is 854. The van der Waals surface area contributed by atoms with E-state index in [9.17, 15) is 0 Å². The molecule has 2 aromatic carbocycles. The monoisotopic (exact) mass is 445 g/mol. The zero-order chi connectivity index (χ0) is 18.4. The van der Waals surface area contributed by atoms with Crippen molar-refractivity contribution in [2.45, 2.75) is 13.1 Å². The number of aromatic nitrogens is 1. The quantitative estimate of drug-likeness (QED) is 0.494. The Morgan fingerprint density at radius 2 is 1.69 bits per heavy atom. The van der Waals surface area contributed by atoms with E-state index in [0.717, 1.165) is 26.3 Å². The van der Waals surface area contributed by atoms with E-state index in [2.05, 4.69) is 31.1 Å². The van der Waals surface area contributed by atoms with E-state index in [1.807, 2.05) is 66.9 Å². The SMILES string of the molecule is S=C(Nc1ccc(Br)cc1)N(Cc1ccc(Cl)cc1)Cc1cccnc1. The standard InChI is InChI=1S/C20H17BrClN3S/c21-17-5-9-19(10-6-17)24-20(26)25(14-16-2-1-11-23-12-16)13-15-3-7-18(22)8-4-15/h1-12H,13-14H2,(H,24,26). The summed E-state index contributed by atoms with van der Waals surface area (Å²) in [6.45, 7) is 1.34. The van der Waals surface area contributed by atoms with Crippen LogP contribution >= 0.6 is 39.7 Å². The molecule has 0 aliphatic carbocycles. The predicted molar refractivity (Wildman–Crippen MR) is 115 cm³/mol. The number of pyridine rings is 1. The van der Waals surface area contributed by atoms with Gasteiger partial charge in [0, 0.05) is 40.7 Å². The summed E-state index contributed by atoms with van der Waals surface area (Å²) in [5.41, 5.74) is 3.19. The van der Waals surface area contributed by atoms with Crippen LogP contribution in [0.15, 0.2) is 77.5 Å². The smallest absolute Gasteiger partial charge is 0.174 e. The Balaban J connectivity index is 1.77. The van der Waals surface area contributed by atoms with Gasteiger partial charge in [0.1, 0.15) is 0 Å². The van der Waals surface area contributed by atoms with Crippen molar-refractivity contribution in [3.05, 3.63) is 93.7 Å². The number of nitrogens with one attached hydrogen (secondary N) is 1. The van der Waals surface area contributed by atoms with Crippen LogP contribution in [0.2, 0.25) is 5.02 Å². The largest absolute Gasteiger partial charge is 0.340 e. The Labute approximate surface area is 172 Å². The number of halogens is 2. The van der Waals surface area contributed by atoms with Gasteiger partial charge in [-0.3, -0.25) is 4.98 Å². The normalized spacial score (nSPS) is 10.4. The Morgan fingerprint density at radius 1 is 1.00 bits per heavy atom. The van der Waals surface area contributed by atoms with Crippen LogP contribution < -0.4 is 5.32 Å². The lowest BCUT2D eigenvalue weighted by atomic mass is 10.2. The summed E-state index contributed by atoms with van der Waals surface area (Å²) in [4.78, 5) is 6.31. The van der Waals surface area contributed by atoms with E-state index in [4.69, 9.17) is 23.8 Å². The molecule has 0 bridgehead atoms. The predicted octanol–water partition coefficient (Wildman–Crippen LogP) is 5.90. The number of anilines is 1. The molecular formula is C20H17BrClN3S. The van der Waals surface area contributed by atoms with E-state index in [1.54, 1.807) is 6.20 Å². The number of thiocarbonyl (C=S) groups is 1. The van der Waals surface area contributed by atoms with Gasteiger partial charge in [-0.1, -0.05) is 45.7 Å². The number of nitrogens with zero attached hydrogens (tertiary/aromatic N) is 2. The summed E-state index contributed by atoms with van der Waals surface area (Å²) in [5.74, 6) is 0. The topological polar surface area (TPSA) is 28.2 Å². The van der Waals surface area contributed by atoms with Crippen molar-refractivity contribution in [3.63, 3.8) is 0 Å². The average Bonchev–Trinajstić information content (AvgIpc) is 2.65. The van der Waals surface area contributed by atoms with Gasteiger partial charge in [0.2, 0.25) is 0 Å². The maximum atomic E-state index is 6.00. The van der Waals surface area contributed by atoms with Crippen LogP contribution in [0.3, 0.4) is 0 Å². The molecule has 0 atom stereocenters. The molecule has 0 unspecified atom stereocenters. The molecule has 1 N–H and O–H groups in total. The fourth-order valence-corrected chi connectivity index (χ4v) is 3.09. The average molecular weight is 447 g/mol. The van der Waals surface area contributed by atoms with Crippen molar-refractivity contribution >= 4 is 50.5 Å². The lowest BCUT2D eigenvalue weighted by Crippen LogP contribution is -2.33. The highest BCUT2D eigenvalue weighted by Gasteiger charge is 2.12.